The largest absolute Gasteiger partial charge is 0.493 e. The highest BCUT2D eigenvalue weighted by atomic mass is 16.5. The van der Waals surface area contributed by atoms with Crippen LogP contribution in [0.5, 0.6) is 11.5 Å². The number of hydrogen-bond donors (Lipinski definition) is 2. The van der Waals surface area contributed by atoms with Gasteiger partial charge in [-0.25, -0.2) is 0 Å². The molecule has 18 heavy (non-hydrogen) atoms. The van der Waals surface area contributed by atoms with Gasteiger partial charge in [0, 0.05) is 12.6 Å². The molecule has 0 saturated heterocycles. The molecule has 0 spiro atoms. The lowest BCUT2D eigenvalue weighted by atomic mass is 10.1. The molecular formula is C14H23NO3. The van der Waals surface area contributed by atoms with Crippen LogP contribution in [0.1, 0.15) is 31.9 Å². The van der Waals surface area contributed by atoms with Gasteiger partial charge in [-0.15, -0.1) is 0 Å². The van der Waals surface area contributed by atoms with Gasteiger partial charge in [-0.2, -0.15) is 0 Å². The number of aliphatic hydroxyl groups excluding tert-OH is 1. The Kier molecular flexibility index (Phi) is 5.95. The third kappa shape index (κ3) is 3.89. The van der Waals surface area contributed by atoms with Crippen LogP contribution in [0, 0.1) is 0 Å². The number of methoxy groups -OCH3 is 2. The molecule has 2 N–H and O–H groups in total. The van der Waals surface area contributed by atoms with Gasteiger partial charge in [0.2, 0.25) is 0 Å². The zero-order chi connectivity index (χ0) is 13.5. The molecule has 1 aromatic rings. The molecule has 4 heteroatoms. The van der Waals surface area contributed by atoms with E-state index in [1.54, 1.807) is 20.3 Å². The monoisotopic (exact) mass is 253 g/mol. The highest BCUT2D eigenvalue weighted by Crippen LogP contribution is 2.29. The van der Waals surface area contributed by atoms with E-state index in [4.69, 9.17) is 9.47 Å². The third-order valence-corrected chi connectivity index (χ3v) is 3.06. The van der Waals surface area contributed by atoms with Crippen molar-refractivity contribution >= 4 is 0 Å². The summed E-state index contributed by atoms with van der Waals surface area (Å²) in [5.41, 5.74) is 0.823. The number of benzene rings is 1. The van der Waals surface area contributed by atoms with Crippen LogP contribution in [0.3, 0.4) is 0 Å². The Balaban J connectivity index is 2.70. The van der Waals surface area contributed by atoms with Crippen LogP contribution in [0.2, 0.25) is 0 Å². The molecule has 2 unspecified atom stereocenters. The van der Waals surface area contributed by atoms with Crippen LogP contribution in [0.15, 0.2) is 18.2 Å². The quantitative estimate of drug-likeness (QED) is 0.781. The van der Waals surface area contributed by atoms with Gasteiger partial charge in [0.15, 0.2) is 11.5 Å². The first kappa shape index (κ1) is 14.8. The van der Waals surface area contributed by atoms with Crippen LogP contribution >= 0.6 is 0 Å². The summed E-state index contributed by atoms with van der Waals surface area (Å²) in [5, 5.41) is 13.4. The maximum Gasteiger partial charge on any atom is 0.161 e. The zero-order valence-electron chi connectivity index (χ0n) is 11.6. The Morgan fingerprint density at radius 1 is 1.22 bits per heavy atom. The lowest BCUT2D eigenvalue weighted by Gasteiger charge is -2.17. The predicted octanol–water partition coefficient (Wildman–Crippen LogP) is 2.13. The second-order valence-electron chi connectivity index (χ2n) is 4.35. The summed E-state index contributed by atoms with van der Waals surface area (Å²) in [7, 11) is 3.18. The number of aliphatic hydroxyl groups is 1. The van der Waals surface area contributed by atoms with Crippen molar-refractivity contribution in [2.75, 3.05) is 20.8 Å². The minimum atomic E-state index is -0.543. The number of rotatable bonds is 7. The number of hydrogen-bond acceptors (Lipinski definition) is 4. The highest BCUT2D eigenvalue weighted by molar-refractivity contribution is 5.43. The predicted molar refractivity (Wildman–Crippen MR) is 72.3 cm³/mol. The molecule has 2 atom stereocenters. The molecule has 0 radical (unpaired) electrons. The number of ether oxygens (including phenoxy) is 2. The Bertz CT molecular complexity index is 368. The molecule has 0 heterocycles. The molecule has 0 aliphatic heterocycles. The average Bonchev–Trinajstić information content (AvgIpc) is 2.43. The first-order valence-corrected chi connectivity index (χ1v) is 6.25. The van der Waals surface area contributed by atoms with Gasteiger partial charge < -0.3 is 19.9 Å². The van der Waals surface area contributed by atoms with Crippen molar-refractivity contribution in [2.24, 2.45) is 0 Å². The maximum absolute atomic E-state index is 10.1. The van der Waals surface area contributed by atoms with Gasteiger partial charge in [0.25, 0.3) is 0 Å². The van der Waals surface area contributed by atoms with Crippen LogP contribution in [-0.4, -0.2) is 31.9 Å². The molecule has 0 aromatic heterocycles. The molecule has 0 amide bonds. The standard InChI is InChI=1S/C14H23NO3/c1-5-10(2)15-9-12(16)11-6-7-13(17-3)14(8-11)18-4/h6-8,10,12,15-16H,5,9H2,1-4H3. The molecule has 0 aliphatic carbocycles. The molecule has 1 aromatic carbocycles. The lowest BCUT2D eigenvalue weighted by molar-refractivity contribution is 0.170. The molecule has 102 valence electrons. The van der Waals surface area contributed by atoms with Crippen molar-refractivity contribution in [1.29, 1.82) is 0 Å². The van der Waals surface area contributed by atoms with E-state index in [0.717, 1.165) is 12.0 Å². The summed E-state index contributed by atoms with van der Waals surface area (Å²) in [6.45, 7) is 4.74. The Labute approximate surface area is 109 Å². The molecule has 0 fully saturated rings. The second kappa shape index (κ2) is 7.24. The van der Waals surface area contributed by atoms with Crippen LogP contribution in [0.4, 0.5) is 0 Å². The number of nitrogens with one attached hydrogen (secondary N) is 1. The fourth-order valence-electron chi connectivity index (χ4n) is 1.64. The topological polar surface area (TPSA) is 50.7 Å². The van der Waals surface area contributed by atoms with Crippen molar-refractivity contribution in [2.45, 2.75) is 32.4 Å². The van der Waals surface area contributed by atoms with Crippen LogP contribution in [0.25, 0.3) is 0 Å². The van der Waals surface area contributed by atoms with E-state index in [-0.39, 0.29) is 0 Å². The van der Waals surface area contributed by atoms with Gasteiger partial charge in [-0.05, 0) is 31.0 Å². The van der Waals surface area contributed by atoms with E-state index in [9.17, 15) is 5.11 Å². The Morgan fingerprint density at radius 2 is 1.89 bits per heavy atom. The molecule has 0 saturated carbocycles. The van der Waals surface area contributed by atoms with Gasteiger partial charge >= 0.3 is 0 Å². The van der Waals surface area contributed by atoms with E-state index in [2.05, 4.69) is 19.2 Å². The van der Waals surface area contributed by atoms with Crippen molar-refractivity contribution in [3.05, 3.63) is 23.8 Å². The summed E-state index contributed by atoms with van der Waals surface area (Å²) in [6, 6.07) is 5.87. The molecule has 0 aliphatic rings. The maximum atomic E-state index is 10.1. The van der Waals surface area contributed by atoms with E-state index >= 15 is 0 Å². The summed E-state index contributed by atoms with van der Waals surface area (Å²) in [6.07, 6.45) is 0.498. The first-order chi connectivity index (χ1) is 8.62. The van der Waals surface area contributed by atoms with Gasteiger partial charge in [0.1, 0.15) is 0 Å². The molecule has 4 nitrogen and oxygen atoms in total. The fourth-order valence-corrected chi connectivity index (χ4v) is 1.64. The van der Waals surface area contributed by atoms with Gasteiger partial charge in [-0.3, -0.25) is 0 Å². The van der Waals surface area contributed by atoms with Crippen molar-refractivity contribution < 1.29 is 14.6 Å². The van der Waals surface area contributed by atoms with E-state index in [1.807, 2.05) is 12.1 Å². The van der Waals surface area contributed by atoms with E-state index in [0.29, 0.717) is 24.1 Å². The summed E-state index contributed by atoms with van der Waals surface area (Å²) in [4.78, 5) is 0. The molecular weight excluding hydrogens is 230 g/mol. The van der Waals surface area contributed by atoms with Crippen molar-refractivity contribution in [3.8, 4) is 11.5 Å². The van der Waals surface area contributed by atoms with Crippen LogP contribution < -0.4 is 14.8 Å². The Hall–Kier alpha value is -1.26. The third-order valence-electron chi connectivity index (χ3n) is 3.06. The highest BCUT2D eigenvalue weighted by Gasteiger charge is 2.12. The minimum Gasteiger partial charge on any atom is -0.493 e. The van der Waals surface area contributed by atoms with Gasteiger partial charge in [-0.1, -0.05) is 13.0 Å². The Morgan fingerprint density at radius 3 is 2.44 bits per heavy atom. The second-order valence-corrected chi connectivity index (χ2v) is 4.35. The molecule has 0 bridgehead atoms. The summed E-state index contributed by atoms with van der Waals surface area (Å²) < 4.78 is 10.4. The first-order valence-electron chi connectivity index (χ1n) is 6.25. The SMILES string of the molecule is CCC(C)NCC(O)c1ccc(OC)c(OC)c1. The van der Waals surface area contributed by atoms with Gasteiger partial charge in [0.05, 0.1) is 20.3 Å². The van der Waals surface area contributed by atoms with Crippen LogP contribution in [-0.2, 0) is 0 Å². The van der Waals surface area contributed by atoms with Crippen molar-refractivity contribution in [1.82, 2.24) is 5.32 Å². The summed E-state index contributed by atoms with van der Waals surface area (Å²) >= 11 is 0. The minimum absolute atomic E-state index is 0.403. The average molecular weight is 253 g/mol. The zero-order valence-corrected chi connectivity index (χ0v) is 11.6. The van der Waals surface area contributed by atoms with E-state index in [1.165, 1.54) is 0 Å². The lowest BCUT2D eigenvalue weighted by Crippen LogP contribution is -2.29. The summed E-state index contributed by atoms with van der Waals surface area (Å²) in [5.74, 6) is 1.31. The van der Waals surface area contributed by atoms with Crippen molar-refractivity contribution in [3.63, 3.8) is 0 Å². The normalized spacial score (nSPS) is 14.1. The fraction of sp³-hybridized carbons (Fsp3) is 0.571. The molecule has 1 rings (SSSR count). The smallest absolute Gasteiger partial charge is 0.161 e. The van der Waals surface area contributed by atoms with E-state index < -0.39 is 6.10 Å².